The highest BCUT2D eigenvalue weighted by atomic mass is 16.4. The maximum atomic E-state index is 9.64. The first-order valence-corrected chi connectivity index (χ1v) is 4.60. The minimum Gasteiger partial charge on any atom is -0.481 e. The van der Waals surface area contributed by atoms with Crippen LogP contribution in [0.1, 0.15) is 12.8 Å². The predicted octanol–water partition coefficient (Wildman–Crippen LogP) is -0.311. The van der Waals surface area contributed by atoms with Gasteiger partial charge in [0.2, 0.25) is 0 Å². The van der Waals surface area contributed by atoms with Crippen molar-refractivity contribution in [2.24, 2.45) is 4.99 Å². The number of carbonyl (C=O) groups is 2. The molecular formula is C9H19N3O4. The number of hydrogen-bond acceptors (Lipinski definition) is 3. The van der Waals surface area contributed by atoms with Crippen molar-refractivity contribution in [3.8, 4) is 0 Å². The maximum absolute atomic E-state index is 9.64. The monoisotopic (exact) mass is 233 g/mol. The lowest BCUT2D eigenvalue weighted by molar-refractivity contribution is -0.143. The number of hydrogen-bond donors (Lipinski definition) is 3. The molecule has 0 aromatic carbocycles. The first-order chi connectivity index (χ1) is 7.34. The molecule has 0 unspecified atom stereocenters. The molecule has 0 aromatic rings. The Labute approximate surface area is 94.8 Å². The minimum absolute atomic E-state index is 0.296. The molecule has 0 heterocycles. The van der Waals surface area contributed by atoms with Crippen LogP contribution in [0, 0.1) is 0 Å². The fraction of sp³-hybridized carbons (Fsp3) is 0.667. The summed E-state index contributed by atoms with van der Waals surface area (Å²) in [5.74, 6) is -1.26. The van der Waals surface area contributed by atoms with Crippen molar-refractivity contribution < 1.29 is 19.8 Å². The minimum atomic E-state index is -1.08. The highest BCUT2D eigenvalue weighted by Crippen LogP contribution is 1.86. The van der Waals surface area contributed by atoms with Crippen LogP contribution in [0.4, 0.5) is 0 Å². The standard InChI is InChI=1S/C5H13N3.C4H6O4/c1-6-5(7-2)8(3)4;5-3(6)1-2-4(7)8/h1-4H3,(H,6,7);1-2H2,(H,5,6)(H,7,8). The van der Waals surface area contributed by atoms with Crippen molar-refractivity contribution in [3.05, 3.63) is 0 Å². The van der Waals surface area contributed by atoms with E-state index in [0.29, 0.717) is 0 Å². The van der Waals surface area contributed by atoms with E-state index >= 15 is 0 Å². The summed E-state index contributed by atoms with van der Waals surface area (Å²) < 4.78 is 0. The lowest BCUT2D eigenvalue weighted by atomic mass is 10.3. The van der Waals surface area contributed by atoms with Crippen LogP contribution in [0.3, 0.4) is 0 Å². The molecule has 0 amide bonds. The molecular weight excluding hydrogens is 214 g/mol. The zero-order valence-electron chi connectivity index (χ0n) is 10.0. The van der Waals surface area contributed by atoms with Gasteiger partial charge in [0.25, 0.3) is 0 Å². The number of aliphatic imine (C=N–C) groups is 1. The largest absolute Gasteiger partial charge is 0.481 e. The number of nitrogens with zero attached hydrogens (tertiary/aromatic N) is 2. The number of rotatable bonds is 3. The van der Waals surface area contributed by atoms with Crippen LogP contribution >= 0.6 is 0 Å². The van der Waals surface area contributed by atoms with Crippen molar-refractivity contribution in [3.63, 3.8) is 0 Å². The summed E-state index contributed by atoms with van der Waals surface area (Å²) in [6, 6.07) is 0. The number of aliphatic carboxylic acids is 2. The molecule has 0 radical (unpaired) electrons. The van der Waals surface area contributed by atoms with Gasteiger partial charge in [0, 0.05) is 28.2 Å². The first-order valence-electron chi connectivity index (χ1n) is 4.60. The second kappa shape index (κ2) is 9.75. The summed E-state index contributed by atoms with van der Waals surface area (Å²) in [6.07, 6.45) is -0.593. The van der Waals surface area contributed by atoms with Gasteiger partial charge >= 0.3 is 11.9 Å². The molecule has 16 heavy (non-hydrogen) atoms. The molecule has 0 saturated carbocycles. The van der Waals surface area contributed by atoms with E-state index in [0.717, 1.165) is 5.96 Å². The lowest BCUT2D eigenvalue weighted by Gasteiger charge is -2.12. The molecule has 0 saturated heterocycles. The van der Waals surface area contributed by atoms with Crippen LogP contribution in [0.2, 0.25) is 0 Å². The molecule has 0 aliphatic heterocycles. The predicted molar refractivity (Wildman–Crippen MR) is 60.6 cm³/mol. The summed E-state index contributed by atoms with van der Waals surface area (Å²) in [4.78, 5) is 25.1. The summed E-state index contributed by atoms with van der Waals surface area (Å²) in [6.45, 7) is 0. The van der Waals surface area contributed by atoms with E-state index in [9.17, 15) is 9.59 Å². The Balaban J connectivity index is 0. The molecule has 94 valence electrons. The highest BCUT2D eigenvalue weighted by molar-refractivity contribution is 5.78. The third-order valence-electron chi connectivity index (χ3n) is 1.41. The SMILES string of the molecule is CN=C(NC)N(C)C.O=C(O)CCC(=O)O. The van der Waals surface area contributed by atoms with Gasteiger partial charge < -0.3 is 20.4 Å². The Morgan fingerprint density at radius 2 is 1.56 bits per heavy atom. The van der Waals surface area contributed by atoms with Gasteiger partial charge in [-0.15, -0.1) is 0 Å². The van der Waals surface area contributed by atoms with Gasteiger partial charge in [0.1, 0.15) is 0 Å². The third-order valence-corrected chi connectivity index (χ3v) is 1.41. The van der Waals surface area contributed by atoms with E-state index in [1.165, 1.54) is 0 Å². The van der Waals surface area contributed by atoms with Crippen molar-refractivity contribution >= 4 is 17.9 Å². The van der Waals surface area contributed by atoms with E-state index in [2.05, 4.69) is 10.3 Å². The van der Waals surface area contributed by atoms with Gasteiger partial charge in [0.15, 0.2) is 5.96 Å². The van der Waals surface area contributed by atoms with Crippen LogP contribution in [0.15, 0.2) is 4.99 Å². The summed E-state index contributed by atoms with van der Waals surface area (Å²) in [5.41, 5.74) is 0. The molecule has 0 aliphatic rings. The average molecular weight is 233 g/mol. The zero-order valence-corrected chi connectivity index (χ0v) is 10.0. The van der Waals surface area contributed by atoms with Crippen molar-refractivity contribution in [1.82, 2.24) is 10.2 Å². The van der Waals surface area contributed by atoms with Crippen LogP contribution in [0.5, 0.6) is 0 Å². The molecule has 0 fully saturated rings. The van der Waals surface area contributed by atoms with Crippen molar-refractivity contribution in [1.29, 1.82) is 0 Å². The fourth-order valence-electron chi connectivity index (χ4n) is 0.749. The second-order valence-electron chi connectivity index (χ2n) is 2.98. The fourth-order valence-corrected chi connectivity index (χ4v) is 0.749. The van der Waals surface area contributed by atoms with Gasteiger partial charge in [-0.2, -0.15) is 0 Å². The molecule has 0 rings (SSSR count). The van der Waals surface area contributed by atoms with Gasteiger partial charge in [-0.25, -0.2) is 0 Å². The number of guanidine groups is 1. The number of nitrogens with one attached hydrogen (secondary N) is 1. The van der Waals surface area contributed by atoms with Crippen LogP contribution in [-0.4, -0.2) is 61.2 Å². The molecule has 0 aliphatic carbocycles. The number of carboxylic acids is 2. The molecule has 3 N–H and O–H groups in total. The van der Waals surface area contributed by atoms with Gasteiger partial charge in [-0.05, 0) is 0 Å². The van der Waals surface area contributed by atoms with E-state index in [4.69, 9.17) is 10.2 Å². The van der Waals surface area contributed by atoms with E-state index < -0.39 is 11.9 Å². The normalized spacial score (nSPS) is 9.88. The van der Waals surface area contributed by atoms with Crippen LogP contribution in [0.25, 0.3) is 0 Å². The Morgan fingerprint density at radius 1 is 1.19 bits per heavy atom. The lowest BCUT2D eigenvalue weighted by Crippen LogP contribution is -2.33. The second-order valence-corrected chi connectivity index (χ2v) is 2.98. The Kier molecular flexibility index (Phi) is 10.1. The summed E-state index contributed by atoms with van der Waals surface area (Å²) >= 11 is 0. The Bertz CT molecular complexity index is 237. The van der Waals surface area contributed by atoms with E-state index in [1.54, 1.807) is 7.05 Å². The van der Waals surface area contributed by atoms with E-state index in [-0.39, 0.29) is 12.8 Å². The first kappa shape index (κ1) is 16.6. The zero-order chi connectivity index (χ0) is 13.1. The van der Waals surface area contributed by atoms with Gasteiger partial charge in [0.05, 0.1) is 12.8 Å². The molecule has 0 bridgehead atoms. The maximum Gasteiger partial charge on any atom is 0.303 e. The molecule has 0 aromatic heterocycles. The number of carboxylic acid groups (broad SMARTS) is 2. The molecule has 7 heteroatoms. The average Bonchev–Trinajstić information content (AvgIpc) is 2.17. The molecule has 0 atom stereocenters. The highest BCUT2D eigenvalue weighted by Gasteiger charge is 2.00. The van der Waals surface area contributed by atoms with Gasteiger partial charge in [-0.1, -0.05) is 0 Å². The molecule has 0 spiro atoms. The Hall–Kier alpha value is -1.79. The quantitative estimate of drug-likeness (QED) is 0.456. The summed E-state index contributed by atoms with van der Waals surface area (Å²) in [7, 11) is 7.49. The smallest absolute Gasteiger partial charge is 0.303 e. The Morgan fingerprint density at radius 3 is 1.62 bits per heavy atom. The van der Waals surface area contributed by atoms with E-state index in [1.807, 2.05) is 26.0 Å². The third kappa shape index (κ3) is 12.2. The van der Waals surface area contributed by atoms with Crippen LogP contribution < -0.4 is 5.32 Å². The van der Waals surface area contributed by atoms with Crippen molar-refractivity contribution in [2.75, 3.05) is 28.2 Å². The summed E-state index contributed by atoms with van der Waals surface area (Å²) in [5, 5.41) is 18.7. The van der Waals surface area contributed by atoms with Crippen LogP contribution in [-0.2, 0) is 9.59 Å². The molecule has 7 nitrogen and oxygen atoms in total. The topological polar surface area (TPSA) is 102 Å². The van der Waals surface area contributed by atoms with Crippen molar-refractivity contribution in [2.45, 2.75) is 12.8 Å². The van der Waals surface area contributed by atoms with Gasteiger partial charge in [-0.3, -0.25) is 14.6 Å².